The molecule has 0 saturated carbocycles. The molecule has 3 aromatic heterocycles. The summed E-state index contributed by atoms with van der Waals surface area (Å²) in [6, 6.07) is 10.3. The molecule has 0 radical (unpaired) electrons. The van der Waals surface area contributed by atoms with Crippen molar-refractivity contribution in [2.24, 2.45) is 0 Å². The van der Waals surface area contributed by atoms with Crippen molar-refractivity contribution in [1.82, 2.24) is 24.5 Å². The second-order valence-electron chi connectivity index (χ2n) is 5.17. The van der Waals surface area contributed by atoms with E-state index in [2.05, 4.69) is 32.4 Å². The molecule has 118 valence electrons. The maximum absolute atomic E-state index is 4.71. The van der Waals surface area contributed by atoms with Gasteiger partial charge in [0.2, 0.25) is 11.8 Å². The molecule has 0 amide bonds. The summed E-state index contributed by atoms with van der Waals surface area (Å²) in [6.07, 6.45) is 8.87. The van der Waals surface area contributed by atoms with Crippen LogP contribution in [0.15, 0.2) is 66.8 Å². The summed E-state index contributed by atoms with van der Waals surface area (Å²) >= 11 is 1.58. The van der Waals surface area contributed by atoms with Crippen LogP contribution in [0.4, 0.5) is 5.82 Å². The van der Waals surface area contributed by atoms with Gasteiger partial charge < -0.3 is 0 Å². The van der Waals surface area contributed by atoms with Gasteiger partial charge in [-0.15, -0.1) is 11.3 Å². The molecule has 7 heteroatoms. The smallest absolute Gasteiger partial charge is 0.240 e. The topological polar surface area (TPSA) is 73.1 Å². The maximum Gasteiger partial charge on any atom is 0.240 e. The van der Waals surface area contributed by atoms with Gasteiger partial charge in [-0.3, -0.25) is 9.88 Å². The third kappa shape index (κ3) is 3.08. The van der Waals surface area contributed by atoms with Gasteiger partial charge in [-0.2, -0.15) is 4.98 Å². The highest BCUT2D eigenvalue weighted by Gasteiger charge is 2.16. The quantitative estimate of drug-likeness (QED) is 0.607. The standard InChI is InChI=1S/C17H14N6S/c1-2-4-13(5-3-1)10-20-15-14(16-19-7-9-24-16)11-21-17(22-15)23-8-6-18-12-23/h1-9,11-12H,10H2,(H,20,21,22)/p+1. The van der Waals surface area contributed by atoms with Crippen LogP contribution in [0.1, 0.15) is 5.56 Å². The van der Waals surface area contributed by atoms with E-state index in [1.165, 1.54) is 5.56 Å². The molecule has 0 bridgehead atoms. The molecular formula is C17H15N6S+. The van der Waals surface area contributed by atoms with E-state index in [-0.39, 0.29) is 0 Å². The van der Waals surface area contributed by atoms with Crippen LogP contribution in [0.5, 0.6) is 0 Å². The van der Waals surface area contributed by atoms with E-state index in [0.717, 1.165) is 22.9 Å². The number of imidazole rings is 1. The summed E-state index contributed by atoms with van der Waals surface area (Å²) in [5.41, 5.74) is 2.19. The van der Waals surface area contributed by atoms with Crippen molar-refractivity contribution in [3.63, 3.8) is 0 Å². The van der Waals surface area contributed by atoms with E-state index in [0.29, 0.717) is 5.95 Å². The molecule has 4 rings (SSSR count). The zero-order valence-electron chi connectivity index (χ0n) is 12.8. The molecule has 3 heterocycles. The average Bonchev–Trinajstić information content (AvgIpc) is 3.34. The molecule has 24 heavy (non-hydrogen) atoms. The lowest BCUT2D eigenvalue weighted by molar-refractivity contribution is -0.591. The minimum Gasteiger partial charge on any atom is -0.293 e. The van der Waals surface area contributed by atoms with Crippen molar-refractivity contribution in [3.8, 4) is 16.5 Å². The van der Waals surface area contributed by atoms with Gasteiger partial charge in [-0.05, 0) is 0 Å². The molecule has 0 fully saturated rings. The highest BCUT2D eigenvalue weighted by molar-refractivity contribution is 7.13. The predicted octanol–water partition coefficient (Wildman–Crippen LogP) is 2.18. The summed E-state index contributed by atoms with van der Waals surface area (Å²) in [7, 11) is 0. The van der Waals surface area contributed by atoms with Crippen LogP contribution in [-0.2, 0) is 6.54 Å². The summed E-state index contributed by atoms with van der Waals surface area (Å²) in [6.45, 7) is 0.805. The van der Waals surface area contributed by atoms with Gasteiger partial charge in [0, 0.05) is 35.7 Å². The fourth-order valence-electron chi connectivity index (χ4n) is 2.39. The summed E-state index contributed by atoms with van der Waals surface area (Å²) < 4.78 is 1.80. The van der Waals surface area contributed by atoms with E-state index in [4.69, 9.17) is 4.98 Å². The second kappa shape index (κ2) is 6.69. The van der Waals surface area contributed by atoms with Crippen LogP contribution in [0.2, 0.25) is 0 Å². The van der Waals surface area contributed by atoms with E-state index < -0.39 is 0 Å². The number of aromatic nitrogens is 5. The van der Waals surface area contributed by atoms with Gasteiger partial charge in [0.25, 0.3) is 0 Å². The molecule has 0 atom stereocenters. The Balaban J connectivity index is 1.69. The van der Waals surface area contributed by atoms with Crippen molar-refractivity contribution in [1.29, 1.82) is 0 Å². The molecule has 2 N–H and O–H groups in total. The number of thiazole rings is 1. The lowest BCUT2D eigenvalue weighted by Crippen LogP contribution is -2.77. The summed E-state index contributed by atoms with van der Waals surface area (Å²) in [5, 5.41) is 5.00. The predicted molar refractivity (Wildman–Crippen MR) is 92.0 cm³/mol. The molecule has 4 aromatic rings. The molecule has 0 aliphatic heterocycles. The van der Waals surface area contributed by atoms with Crippen LogP contribution >= 0.6 is 11.3 Å². The Bertz CT molecular complexity index is 904. The number of benzene rings is 1. The molecule has 1 aromatic carbocycles. The SMILES string of the molecule is c1ccc(C[NH2+]c2nc(-n3ccnc3)ncc2-c2nccs2)cc1. The largest absolute Gasteiger partial charge is 0.293 e. The first-order chi connectivity index (χ1) is 11.9. The van der Waals surface area contributed by atoms with Gasteiger partial charge in [-0.1, -0.05) is 30.3 Å². The number of nitrogens with zero attached hydrogens (tertiary/aromatic N) is 5. The van der Waals surface area contributed by atoms with Crippen molar-refractivity contribution < 1.29 is 5.32 Å². The fourth-order valence-corrected chi connectivity index (χ4v) is 3.05. The number of rotatable bonds is 5. The maximum atomic E-state index is 4.71. The second-order valence-corrected chi connectivity index (χ2v) is 6.06. The van der Waals surface area contributed by atoms with E-state index in [1.807, 2.05) is 36.0 Å². The highest BCUT2D eigenvalue weighted by atomic mass is 32.1. The average molecular weight is 335 g/mol. The minimum absolute atomic E-state index is 0.604. The van der Waals surface area contributed by atoms with E-state index >= 15 is 0 Å². The first-order valence-corrected chi connectivity index (χ1v) is 8.40. The minimum atomic E-state index is 0.604. The lowest BCUT2D eigenvalue weighted by Gasteiger charge is -2.07. The molecule has 0 aliphatic rings. The van der Waals surface area contributed by atoms with Crippen molar-refractivity contribution in [3.05, 3.63) is 72.4 Å². The zero-order valence-corrected chi connectivity index (χ0v) is 13.6. The van der Waals surface area contributed by atoms with Crippen LogP contribution in [0.3, 0.4) is 0 Å². The van der Waals surface area contributed by atoms with Crippen LogP contribution in [-0.4, -0.2) is 24.5 Å². The highest BCUT2D eigenvalue weighted by Crippen LogP contribution is 2.25. The first-order valence-electron chi connectivity index (χ1n) is 7.52. The lowest BCUT2D eigenvalue weighted by atomic mass is 10.2. The molecule has 0 aliphatic carbocycles. The Morgan fingerprint density at radius 2 is 2.00 bits per heavy atom. The Hall–Kier alpha value is -2.90. The summed E-state index contributed by atoms with van der Waals surface area (Å²) in [5.74, 6) is 1.49. The van der Waals surface area contributed by atoms with Crippen LogP contribution in [0.25, 0.3) is 16.5 Å². The zero-order chi connectivity index (χ0) is 16.2. The van der Waals surface area contributed by atoms with Gasteiger partial charge in [0.05, 0.1) is 0 Å². The molecule has 0 saturated heterocycles. The van der Waals surface area contributed by atoms with Gasteiger partial charge in [-0.25, -0.2) is 15.0 Å². The van der Waals surface area contributed by atoms with Crippen molar-refractivity contribution >= 4 is 17.2 Å². The Kier molecular flexibility index (Phi) is 4.09. The third-order valence-electron chi connectivity index (χ3n) is 3.58. The Labute approximate surface area is 142 Å². The Morgan fingerprint density at radius 3 is 2.75 bits per heavy atom. The molecule has 0 unspecified atom stereocenters. The normalized spacial score (nSPS) is 10.8. The van der Waals surface area contributed by atoms with E-state index in [1.54, 1.807) is 34.6 Å². The Morgan fingerprint density at radius 1 is 1.08 bits per heavy atom. The number of hydrogen-bond donors (Lipinski definition) is 1. The van der Waals surface area contributed by atoms with Gasteiger partial charge in [0.15, 0.2) is 0 Å². The third-order valence-corrected chi connectivity index (χ3v) is 4.38. The van der Waals surface area contributed by atoms with E-state index in [9.17, 15) is 0 Å². The molecule has 0 spiro atoms. The van der Waals surface area contributed by atoms with Crippen molar-refractivity contribution in [2.45, 2.75) is 6.54 Å². The molecule has 6 nitrogen and oxygen atoms in total. The first kappa shape index (κ1) is 14.7. The summed E-state index contributed by atoms with van der Waals surface area (Å²) in [4.78, 5) is 17.6. The van der Waals surface area contributed by atoms with Gasteiger partial charge in [0.1, 0.15) is 23.4 Å². The molecular weight excluding hydrogens is 320 g/mol. The monoisotopic (exact) mass is 335 g/mol. The fraction of sp³-hybridized carbons (Fsp3) is 0.0588. The number of quaternary nitrogens is 1. The number of nitrogens with two attached hydrogens (primary N) is 1. The van der Waals surface area contributed by atoms with Gasteiger partial charge >= 0.3 is 0 Å². The number of hydrogen-bond acceptors (Lipinski definition) is 5. The van der Waals surface area contributed by atoms with Crippen molar-refractivity contribution in [2.75, 3.05) is 0 Å². The van der Waals surface area contributed by atoms with Crippen LogP contribution < -0.4 is 5.32 Å². The van der Waals surface area contributed by atoms with Crippen LogP contribution in [0, 0.1) is 0 Å².